The predicted octanol–water partition coefficient (Wildman–Crippen LogP) is 1.66. The van der Waals surface area contributed by atoms with Gasteiger partial charge < -0.3 is 15.1 Å². The average Bonchev–Trinajstić information content (AvgIpc) is 2.36. The smallest absolute Gasteiger partial charge is 0.309 e. The van der Waals surface area contributed by atoms with E-state index in [2.05, 4.69) is 5.16 Å². The van der Waals surface area contributed by atoms with Gasteiger partial charge in [0.1, 0.15) is 0 Å². The standard InChI is InChI=1S/C14H17NO4/c1-2-19-13(16)11-7-14(17,8-11)12-5-3-10(4-6-12)9-15-18/h3-6,9,11,17-18H,2,7-8H2,1H3. The fourth-order valence-corrected chi connectivity index (χ4v) is 2.36. The molecule has 0 bridgehead atoms. The molecule has 1 aromatic rings. The van der Waals surface area contributed by atoms with Crippen molar-refractivity contribution in [3.05, 3.63) is 35.4 Å². The van der Waals surface area contributed by atoms with Gasteiger partial charge in [0.05, 0.1) is 24.3 Å². The van der Waals surface area contributed by atoms with Gasteiger partial charge in [0.25, 0.3) is 0 Å². The van der Waals surface area contributed by atoms with Gasteiger partial charge in [0.2, 0.25) is 0 Å². The Hall–Kier alpha value is -1.88. The van der Waals surface area contributed by atoms with Gasteiger partial charge in [-0.05, 0) is 30.9 Å². The Morgan fingerprint density at radius 3 is 2.63 bits per heavy atom. The minimum absolute atomic E-state index is 0.219. The summed E-state index contributed by atoms with van der Waals surface area (Å²) in [5.74, 6) is -0.458. The number of rotatable bonds is 4. The summed E-state index contributed by atoms with van der Waals surface area (Å²) in [6, 6.07) is 7.06. The Morgan fingerprint density at radius 1 is 1.47 bits per heavy atom. The van der Waals surface area contributed by atoms with E-state index >= 15 is 0 Å². The van der Waals surface area contributed by atoms with Gasteiger partial charge in [-0.25, -0.2) is 0 Å². The first kappa shape index (κ1) is 13.5. The quantitative estimate of drug-likeness (QED) is 0.375. The van der Waals surface area contributed by atoms with Crippen LogP contribution in [0.4, 0.5) is 0 Å². The number of esters is 1. The maximum Gasteiger partial charge on any atom is 0.309 e. The summed E-state index contributed by atoms with van der Waals surface area (Å²) in [5, 5.41) is 21.8. The summed E-state index contributed by atoms with van der Waals surface area (Å²) < 4.78 is 4.93. The Balaban J connectivity index is 2.01. The van der Waals surface area contributed by atoms with Gasteiger partial charge in [-0.2, -0.15) is 0 Å². The average molecular weight is 263 g/mol. The van der Waals surface area contributed by atoms with E-state index < -0.39 is 5.60 Å². The van der Waals surface area contributed by atoms with Gasteiger partial charge in [-0.15, -0.1) is 0 Å². The van der Waals surface area contributed by atoms with Crippen LogP contribution in [0.25, 0.3) is 0 Å². The van der Waals surface area contributed by atoms with E-state index in [1.165, 1.54) is 6.21 Å². The molecule has 0 unspecified atom stereocenters. The van der Waals surface area contributed by atoms with Crippen LogP contribution in [0.3, 0.4) is 0 Å². The van der Waals surface area contributed by atoms with Crippen LogP contribution in [0.2, 0.25) is 0 Å². The third-order valence-corrected chi connectivity index (χ3v) is 3.44. The van der Waals surface area contributed by atoms with Gasteiger partial charge in [-0.1, -0.05) is 29.4 Å². The van der Waals surface area contributed by atoms with E-state index in [0.29, 0.717) is 19.4 Å². The second kappa shape index (κ2) is 5.40. The van der Waals surface area contributed by atoms with Gasteiger partial charge in [0, 0.05) is 0 Å². The van der Waals surface area contributed by atoms with Crippen molar-refractivity contribution in [1.82, 2.24) is 0 Å². The maximum absolute atomic E-state index is 11.5. The Bertz CT molecular complexity index is 475. The van der Waals surface area contributed by atoms with E-state index in [0.717, 1.165) is 11.1 Å². The third-order valence-electron chi connectivity index (χ3n) is 3.44. The van der Waals surface area contributed by atoms with Crippen LogP contribution >= 0.6 is 0 Å². The van der Waals surface area contributed by atoms with E-state index in [1.807, 2.05) is 0 Å². The molecule has 0 atom stereocenters. The molecule has 1 fully saturated rings. The van der Waals surface area contributed by atoms with Crippen LogP contribution in [0.1, 0.15) is 30.9 Å². The molecule has 19 heavy (non-hydrogen) atoms. The number of hydrogen-bond donors (Lipinski definition) is 2. The summed E-state index contributed by atoms with van der Waals surface area (Å²) in [5.41, 5.74) is 0.561. The number of ether oxygens (including phenoxy) is 1. The molecule has 0 aliphatic heterocycles. The van der Waals surface area contributed by atoms with Crippen LogP contribution in [0, 0.1) is 5.92 Å². The molecule has 1 aliphatic rings. The monoisotopic (exact) mass is 263 g/mol. The number of benzene rings is 1. The van der Waals surface area contributed by atoms with Crippen molar-refractivity contribution in [1.29, 1.82) is 0 Å². The number of carbonyl (C=O) groups excluding carboxylic acids is 1. The Morgan fingerprint density at radius 2 is 2.11 bits per heavy atom. The highest BCUT2D eigenvalue weighted by Gasteiger charge is 2.47. The molecule has 0 spiro atoms. The molecule has 1 saturated carbocycles. The fourth-order valence-electron chi connectivity index (χ4n) is 2.36. The molecule has 1 aliphatic carbocycles. The van der Waals surface area contributed by atoms with E-state index in [1.54, 1.807) is 31.2 Å². The molecular formula is C14H17NO4. The minimum atomic E-state index is -0.952. The zero-order chi connectivity index (χ0) is 13.9. The molecule has 0 heterocycles. The van der Waals surface area contributed by atoms with Crippen molar-refractivity contribution in [2.24, 2.45) is 11.1 Å². The molecular weight excluding hydrogens is 246 g/mol. The highest BCUT2D eigenvalue weighted by atomic mass is 16.5. The summed E-state index contributed by atoms with van der Waals surface area (Å²) in [7, 11) is 0. The first-order valence-electron chi connectivity index (χ1n) is 6.26. The SMILES string of the molecule is CCOC(=O)C1CC(O)(c2ccc(C=NO)cc2)C1. The number of nitrogens with zero attached hydrogens (tertiary/aromatic N) is 1. The highest BCUT2D eigenvalue weighted by molar-refractivity contribution is 5.79. The molecule has 102 valence electrons. The third kappa shape index (κ3) is 2.76. The zero-order valence-electron chi connectivity index (χ0n) is 10.7. The predicted molar refractivity (Wildman–Crippen MR) is 69.1 cm³/mol. The van der Waals surface area contributed by atoms with Crippen molar-refractivity contribution in [3.8, 4) is 0 Å². The van der Waals surface area contributed by atoms with Crippen LogP contribution < -0.4 is 0 Å². The molecule has 0 radical (unpaired) electrons. The summed E-state index contributed by atoms with van der Waals surface area (Å²) in [6.07, 6.45) is 2.09. The largest absolute Gasteiger partial charge is 0.466 e. The van der Waals surface area contributed by atoms with Crippen LogP contribution in [0.5, 0.6) is 0 Å². The van der Waals surface area contributed by atoms with Crippen LogP contribution in [0.15, 0.2) is 29.4 Å². The van der Waals surface area contributed by atoms with E-state index in [4.69, 9.17) is 9.94 Å². The molecule has 0 amide bonds. The first-order chi connectivity index (χ1) is 9.09. The summed E-state index contributed by atoms with van der Waals surface area (Å²) in [6.45, 7) is 2.13. The lowest BCUT2D eigenvalue weighted by atomic mass is 9.67. The number of oxime groups is 1. The van der Waals surface area contributed by atoms with Gasteiger partial charge in [-0.3, -0.25) is 4.79 Å². The fraction of sp³-hybridized carbons (Fsp3) is 0.429. The van der Waals surface area contributed by atoms with E-state index in [9.17, 15) is 9.90 Å². The molecule has 2 N–H and O–H groups in total. The maximum atomic E-state index is 11.5. The molecule has 0 aromatic heterocycles. The van der Waals surface area contributed by atoms with Crippen molar-refractivity contribution in [2.75, 3.05) is 6.61 Å². The lowest BCUT2D eigenvalue weighted by molar-refractivity contribution is -0.165. The van der Waals surface area contributed by atoms with Crippen LogP contribution in [-0.4, -0.2) is 29.1 Å². The van der Waals surface area contributed by atoms with Gasteiger partial charge in [0.15, 0.2) is 0 Å². The summed E-state index contributed by atoms with van der Waals surface area (Å²) in [4.78, 5) is 11.5. The van der Waals surface area contributed by atoms with Crippen molar-refractivity contribution in [2.45, 2.75) is 25.4 Å². The second-order valence-corrected chi connectivity index (χ2v) is 4.76. The number of aliphatic hydroxyl groups is 1. The molecule has 0 saturated heterocycles. The Labute approximate surface area is 111 Å². The first-order valence-corrected chi connectivity index (χ1v) is 6.26. The molecule has 1 aromatic carbocycles. The number of carbonyl (C=O) groups is 1. The highest BCUT2D eigenvalue weighted by Crippen LogP contribution is 2.46. The van der Waals surface area contributed by atoms with E-state index in [-0.39, 0.29) is 11.9 Å². The molecule has 5 heteroatoms. The number of hydrogen-bond acceptors (Lipinski definition) is 5. The minimum Gasteiger partial charge on any atom is -0.466 e. The van der Waals surface area contributed by atoms with Crippen molar-refractivity contribution in [3.63, 3.8) is 0 Å². The van der Waals surface area contributed by atoms with Crippen molar-refractivity contribution >= 4 is 12.2 Å². The topological polar surface area (TPSA) is 79.1 Å². The molecule has 5 nitrogen and oxygen atoms in total. The lowest BCUT2D eigenvalue weighted by Gasteiger charge is -2.42. The van der Waals surface area contributed by atoms with Gasteiger partial charge >= 0.3 is 5.97 Å². The van der Waals surface area contributed by atoms with Crippen molar-refractivity contribution < 1.29 is 19.8 Å². The normalized spacial score (nSPS) is 26.1. The molecule has 2 rings (SSSR count). The zero-order valence-corrected chi connectivity index (χ0v) is 10.7. The Kier molecular flexibility index (Phi) is 3.85. The lowest BCUT2D eigenvalue weighted by Crippen LogP contribution is -2.45. The van der Waals surface area contributed by atoms with Crippen LogP contribution in [-0.2, 0) is 15.1 Å². The summed E-state index contributed by atoms with van der Waals surface area (Å²) >= 11 is 0. The second-order valence-electron chi connectivity index (χ2n) is 4.76.